The summed E-state index contributed by atoms with van der Waals surface area (Å²) in [6, 6.07) is 3.82. The lowest BCUT2D eigenvalue weighted by molar-refractivity contribution is 0.0265. The first kappa shape index (κ1) is 14.0. The van der Waals surface area contributed by atoms with Crippen molar-refractivity contribution >= 4 is 11.9 Å². The van der Waals surface area contributed by atoms with Crippen LogP contribution in [0.5, 0.6) is 0 Å². The van der Waals surface area contributed by atoms with Crippen molar-refractivity contribution < 1.29 is 19.8 Å². The molecule has 0 radical (unpaired) electrons. The number of aromatic carboxylic acids is 2. The Labute approximate surface area is 122 Å². The summed E-state index contributed by atoms with van der Waals surface area (Å²) in [6.07, 6.45) is 2.05. The predicted molar refractivity (Wildman–Crippen MR) is 75.4 cm³/mol. The second kappa shape index (κ2) is 5.13. The van der Waals surface area contributed by atoms with Gasteiger partial charge in [0.2, 0.25) is 0 Å². The second-order valence-corrected chi connectivity index (χ2v) is 5.81. The van der Waals surface area contributed by atoms with Crippen LogP contribution in [0, 0.1) is 5.92 Å². The topological polar surface area (TPSA) is 104 Å². The monoisotopic (exact) mass is 290 g/mol. The lowest BCUT2D eigenvalue weighted by atomic mass is 9.75. The molecule has 3 aliphatic rings. The molecule has 0 aliphatic carbocycles. The van der Waals surface area contributed by atoms with Gasteiger partial charge in [-0.2, -0.15) is 0 Å². The number of nitrogens with two attached hydrogens (primary N) is 1. The van der Waals surface area contributed by atoms with Crippen LogP contribution in [0.25, 0.3) is 0 Å². The van der Waals surface area contributed by atoms with Gasteiger partial charge < -0.3 is 15.9 Å². The van der Waals surface area contributed by atoms with Crippen molar-refractivity contribution in [3.8, 4) is 0 Å². The molecule has 3 aliphatic heterocycles. The van der Waals surface area contributed by atoms with Gasteiger partial charge in [0.05, 0.1) is 17.2 Å². The Morgan fingerprint density at radius 1 is 1.14 bits per heavy atom. The van der Waals surface area contributed by atoms with Gasteiger partial charge in [0.15, 0.2) is 0 Å². The van der Waals surface area contributed by atoms with Crippen molar-refractivity contribution in [2.75, 3.05) is 13.1 Å². The van der Waals surface area contributed by atoms with Crippen molar-refractivity contribution in [1.82, 2.24) is 4.90 Å². The zero-order valence-electron chi connectivity index (χ0n) is 11.5. The van der Waals surface area contributed by atoms with Gasteiger partial charge in [-0.05, 0) is 55.6 Å². The molecule has 3 saturated heterocycles. The van der Waals surface area contributed by atoms with Gasteiger partial charge in [0.25, 0.3) is 0 Å². The van der Waals surface area contributed by atoms with E-state index in [-0.39, 0.29) is 23.2 Å². The SMILES string of the molecule is NC1C2CCN(CC2)C1c1cc(C(=O)O)ccc1C(=O)O. The van der Waals surface area contributed by atoms with E-state index in [1.807, 2.05) is 0 Å². The number of carboxylic acid groups (broad SMARTS) is 2. The Morgan fingerprint density at radius 3 is 2.33 bits per heavy atom. The third kappa shape index (κ3) is 2.30. The molecule has 6 heteroatoms. The van der Waals surface area contributed by atoms with Crippen molar-refractivity contribution in [2.24, 2.45) is 11.7 Å². The largest absolute Gasteiger partial charge is 0.478 e. The molecular weight excluding hydrogens is 272 g/mol. The van der Waals surface area contributed by atoms with Crippen LogP contribution in [0.4, 0.5) is 0 Å². The number of rotatable bonds is 3. The number of hydrogen-bond donors (Lipinski definition) is 3. The molecule has 112 valence electrons. The van der Waals surface area contributed by atoms with E-state index in [0.29, 0.717) is 11.5 Å². The van der Waals surface area contributed by atoms with Crippen LogP contribution in [0.2, 0.25) is 0 Å². The Hall–Kier alpha value is -1.92. The van der Waals surface area contributed by atoms with Gasteiger partial charge in [0, 0.05) is 6.04 Å². The number of nitrogens with zero attached hydrogens (tertiary/aromatic N) is 1. The Balaban J connectivity index is 2.09. The summed E-state index contributed by atoms with van der Waals surface area (Å²) in [6.45, 7) is 1.78. The quantitative estimate of drug-likeness (QED) is 0.772. The van der Waals surface area contributed by atoms with Crippen molar-refractivity contribution in [3.05, 3.63) is 34.9 Å². The minimum Gasteiger partial charge on any atom is -0.478 e. The highest BCUT2D eigenvalue weighted by Gasteiger charge is 2.42. The van der Waals surface area contributed by atoms with Crippen molar-refractivity contribution in [3.63, 3.8) is 0 Å². The second-order valence-electron chi connectivity index (χ2n) is 5.81. The summed E-state index contributed by atoms with van der Waals surface area (Å²) in [7, 11) is 0. The zero-order valence-corrected chi connectivity index (χ0v) is 11.5. The molecule has 0 spiro atoms. The summed E-state index contributed by atoms with van der Waals surface area (Å²) >= 11 is 0. The maximum absolute atomic E-state index is 11.5. The maximum Gasteiger partial charge on any atom is 0.336 e. The lowest BCUT2D eigenvalue weighted by Crippen LogP contribution is -2.56. The van der Waals surface area contributed by atoms with E-state index in [4.69, 9.17) is 10.8 Å². The molecule has 2 unspecified atom stereocenters. The Kier molecular flexibility index (Phi) is 3.43. The first-order valence-corrected chi connectivity index (χ1v) is 7.09. The van der Waals surface area contributed by atoms with Gasteiger partial charge in [-0.1, -0.05) is 0 Å². The van der Waals surface area contributed by atoms with Crippen LogP contribution in [0.15, 0.2) is 18.2 Å². The van der Waals surface area contributed by atoms with E-state index in [1.165, 1.54) is 18.2 Å². The summed E-state index contributed by atoms with van der Waals surface area (Å²) in [5.41, 5.74) is 7.08. The van der Waals surface area contributed by atoms with Crippen LogP contribution in [-0.4, -0.2) is 46.2 Å². The highest BCUT2D eigenvalue weighted by molar-refractivity contribution is 5.93. The molecule has 4 rings (SSSR count). The van der Waals surface area contributed by atoms with Crippen LogP contribution in [-0.2, 0) is 0 Å². The zero-order chi connectivity index (χ0) is 15.1. The number of fused-ring (bicyclic) bond motifs is 3. The molecule has 0 saturated carbocycles. The number of carbonyl (C=O) groups is 2. The van der Waals surface area contributed by atoms with Crippen LogP contribution in [0.1, 0.15) is 45.2 Å². The average molecular weight is 290 g/mol. The third-order valence-corrected chi connectivity index (χ3v) is 4.72. The average Bonchev–Trinajstić information content (AvgIpc) is 2.47. The van der Waals surface area contributed by atoms with E-state index >= 15 is 0 Å². The number of benzene rings is 1. The molecule has 3 heterocycles. The van der Waals surface area contributed by atoms with Crippen LogP contribution < -0.4 is 5.73 Å². The molecule has 0 amide bonds. The summed E-state index contributed by atoms with van der Waals surface area (Å²) in [5, 5.41) is 18.5. The van der Waals surface area contributed by atoms with Crippen LogP contribution in [0.3, 0.4) is 0 Å². The first-order chi connectivity index (χ1) is 9.99. The highest BCUT2D eigenvalue weighted by atomic mass is 16.4. The predicted octanol–water partition coefficient (Wildman–Crippen LogP) is 1.18. The van der Waals surface area contributed by atoms with Gasteiger partial charge >= 0.3 is 11.9 Å². The molecule has 2 atom stereocenters. The fourth-order valence-corrected chi connectivity index (χ4v) is 3.62. The molecule has 6 nitrogen and oxygen atoms in total. The Morgan fingerprint density at radius 2 is 1.81 bits per heavy atom. The molecular formula is C15H18N2O4. The van der Waals surface area contributed by atoms with E-state index in [2.05, 4.69) is 4.90 Å². The molecule has 1 aromatic rings. The maximum atomic E-state index is 11.5. The standard InChI is InChI=1S/C15H18N2O4/c16-12-8-3-5-17(6-4-8)13(12)11-7-9(14(18)19)1-2-10(11)15(20)21/h1-2,7-8,12-13H,3-6,16H2,(H,18,19)(H,20,21). The molecule has 3 fully saturated rings. The molecule has 21 heavy (non-hydrogen) atoms. The Bertz CT molecular complexity index is 591. The normalized spacial score (nSPS) is 31.1. The van der Waals surface area contributed by atoms with E-state index in [9.17, 15) is 14.7 Å². The van der Waals surface area contributed by atoms with E-state index in [1.54, 1.807) is 0 Å². The smallest absolute Gasteiger partial charge is 0.336 e. The van der Waals surface area contributed by atoms with Gasteiger partial charge in [-0.25, -0.2) is 9.59 Å². The van der Waals surface area contributed by atoms with Gasteiger partial charge in [-0.3, -0.25) is 4.90 Å². The van der Waals surface area contributed by atoms with Gasteiger partial charge in [0.1, 0.15) is 0 Å². The third-order valence-electron chi connectivity index (χ3n) is 4.72. The van der Waals surface area contributed by atoms with Crippen LogP contribution >= 0.6 is 0 Å². The molecule has 4 N–H and O–H groups in total. The number of carboxylic acids is 2. The minimum atomic E-state index is -1.06. The van der Waals surface area contributed by atoms with Crippen molar-refractivity contribution in [2.45, 2.75) is 24.9 Å². The molecule has 2 bridgehead atoms. The highest BCUT2D eigenvalue weighted by Crippen LogP contribution is 2.41. The number of hydrogen-bond acceptors (Lipinski definition) is 4. The fourth-order valence-electron chi connectivity index (χ4n) is 3.62. The first-order valence-electron chi connectivity index (χ1n) is 7.09. The fraction of sp³-hybridized carbons (Fsp3) is 0.467. The minimum absolute atomic E-state index is 0.102. The summed E-state index contributed by atoms with van der Waals surface area (Å²) in [5.74, 6) is -1.72. The van der Waals surface area contributed by atoms with Gasteiger partial charge in [-0.15, -0.1) is 0 Å². The van der Waals surface area contributed by atoms with E-state index < -0.39 is 11.9 Å². The summed E-state index contributed by atoms with van der Waals surface area (Å²) < 4.78 is 0. The number of piperidine rings is 3. The molecule has 1 aromatic carbocycles. The summed E-state index contributed by atoms with van der Waals surface area (Å²) in [4.78, 5) is 24.8. The molecule has 0 aromatic heterocycles. The van der Waals surface area contributed by atoms with Crippen molar-refractivity contribution in [1.29, 1.82) is 0 Å². The lowest BCUT2D eigenvalue weighted by Gasteiger charge is -2.50. The van der Waals surface area contributed by atoms with E-state index in [0.717, 1.165) is 25.9 Å².